The second-order valence-electron chi connectivity index (χ2n) is 0.0630. The molecule has 0 rings (SSSR count). The maximum absolute atomic E-state index is 8.41. The van der Waals surface area contributed by atoms with Gasteiger partial charge in [0.25, 0.3) is 0 Å². The van der Waals surface area contributed by atoms with Crippen LogP contribution in [0.5, 0.6) is 0 Å². The standard InChI is InChI=1S/Li.Mn.2O.H. The van der Waals surface area contributed by atoms with Gasteiger partial charge in [0.2, 0.25) is 0 Å². The number of rotatable bonds is 0. The summed E-state index contributed by atoms with van der Waals surface area (Å²) in [7, 11) is 0. The Kier molecular flexibility index (Phi) is 20.5. The molecule has 0 aromatic carbocycles. The Bertz CT molecular complexity index is 27.0. The van der Waals surface area contributed by atoms with E-state index in [1.165, 1.54) is 0 Å². The van der Waals surface area contributed by atoms with Crippen LogP contribution in [-0.2, 0) is 22.5 Å². The Balaban J connectivity index is 0. The average molecular weight is 94.9 g/mol. The SMILES string of the molecule is [LiH].[O]=[Mn]=[O]. The predicted octanol–water partition coefficient (Wildman–Crippen LogP) is -0.889. The second kappa shape index (κ2) is 9.31. The average Bonchev–Trinajstić information content (AvgIpc) is 0.918. The zero-order chi connectivity index (χ0) is 2.71. The molecule has 0 aliphatic rings. The van der Waals surface area contributed by atoms with Crippen molar-refractivity contribution in [3.05, 3.63) is 0 Å². The summed E-state index contributed by atoms with van der Waals surface area (Å²) in [5.41, 5.74) is 0. The number of hydrogen-bond donors (Lipinski definition) is 0. The van der Waals surface area contributed by atoms with E-state index in [0.717, 1.165) is 0 Å². The second-order valence-corrected chi connectivity index (χ2v) is 0.260. The van der Waals surface area contributed by atoms with Crippen molar-refractivity contribution in [2.24, 2.45) is 0 Å². The third-order valence-corrected chi connectivity index (χ3v) is 0. The monoisotopic (exact) mass is 95.0 g/mol. The molecule has 0 aliphatic carbocycles. The molecule has 0 aromatic heterocycles. The van der Waals surface area contributed by atoms with Gasteiger partial charge in [-0.25, -0.2) is 0 Å². The van der Waals surface area contributed by atoms with Gasteiger partial charge in [-0.05, 0) is 0 Å². The van der Waals surface area contributed by atoms with Crippen LogP contribution in [0.15, 0.2) is 0 Å². The normalized spacial score (nSPS) is 3.00. The Hall–Kier alpha value is 0.717. The summed E-state index contributed by atoms with van der Waals surface area (Å²) < 4.78 is 16.8. The Morgan fingerprint density at radius 3 is 1.25 bits per heavy atom. The fourth-order valence-electron chi connectivity index (χ4n) is 0. The molecule has 0 spiro atoms. The van der Waals surface area contributed by atoms with Crippen LogP contribution in [0.3, 0.4) is 0 Å². The molecule has 0 N–H and O–H groups in total. The molecule has 2 nitrogen and oxygen atoms in total. The van der Waals surface area contributed by atoms with Crippen LogP contribution in [0.1, 0.15) is 0 Å². The first-order valence-corrected chi connectivity index (χ1v) is 1.27. The third kappa shape index (κ3) is 15.6. The van der Waals surface area contributed by atoms with Gasteiger partial charge in [-0.3, -0.25) is 0 Å². The molecular weight excluding hydrogens is 93.9 g/mol. The fraction of sp³-hybridized carbons (Fsp3) is 0. The van der Waals surface area contributed by atoms with E-state index in [4.69, 9.17) is 7.67 Å². The quantitative estimate of drug-likeness (QED) is 0.366. The van der Waals surface area contributed by atoms with Gasteiger partial charge in [0, 0.05) is 0 Å². The first-order valence-electron chi connectivity index (χ1n) is 0.309. The van der Waals surface area contributed by atoms with Gasteiger partial charge < -0.3 is 0 Å². The van der Waals surface area contributed by atoms with Crippen LogP contribution >= 0.6 is 0 Å². The van der Waals surface area contributed by atoms with Crippen LogP contribution in [0.25, 0.3) is 0 Å². The van der Waals surface area contributed by atoms with Crippen LogP contribution in [-0.4, -0.2) is 18.9 Å². The molecule has 4 heavy (non-hydrogen) atoms. The fourth-order valence-corrected chi connectivity index (χ4v) is 0. The van der Waals surface area contributed by atoms with Gasteiger partial charge >= 0.3 is 41.4 Å². The van der Waals surface area contributed by atoms with Gasteiger partial charge in [0.1, 0.15) is 0 Å². The first kappa shape index (κ1) is 8.83. The van der Waals surface area contributed by atoms with Gasteiger partial charge in [0.15, 0.2) is 0 Å². The summed E-state index contributed by atoms with van der Waals surface area (Å²) in [6.45, 7) is 0. The summed E-state index contributed by atoms with van der Waals surface area (Å²) in [6, 6.07) is 0. The molecule has 0 amide bonds. The van der Waals surface area contributed by atoms with Crippen molar-refractivity contribution in [1.82, 2.24) is 0 Å². The molecule has 0 unspecified atom stereocenters. The molecule has 0 aromatic rings. The minimum atomic E-state index is -1.44. The van der Waals surface area contributed by atoms with Crippen molar-refractivity contribution in [2.45, 2.75) is 0 Å². The molecule has 21 valence electrons. The van der Waals surface area contributed by atoms with Gasteiger partial charge in [-0.2, -0.15) is 0 Å². The van der Waals surface area contributed by atoms with E-state index in [2.05, 4.69) is 0 Å². The van der Waals surface area contributed by atoms with E-state index in [-0.39, 0.29) is 18.9 Å². The topological polar surface area (TPSA) is 34.1 Å². The predicted molar refractivity (Wildman–Crippen MR) is 8.52 cm³/mol. The van der Waals surface area contributed by atoms with E-state index >= 15 is 0 Å². The van der Waals surface area contributed by atoms with Crippen LogP contribution in [0.2, 0.25) is 0 Å². The van der Waals surface area contributed by atoms with Crippen molar-refractivity contribution in [2.75, 3.05) is 0 Å². The molecular formula is HLiMnO2. The van der Waals surface area contributed by atoms with Crippen LogP contribution in [0.4, 0.5) is 0 Å². The van der Waals surface area contributed by atoms with Gasteiger partial charge in [-0.15, -0.1) is 0 Å². The van der Waals surface area contributed by atoms with Crippen molar-refractivity contribution in [3.8, 4) is 0 Å². The van der Waals surface area contributed by atoms with Crippen molar-refractivity contribution >= 4 is 18.9 Å². The molecule has 0 fully saturated rings. The molecule has 0 heterocycles. The van der Waals surface area contributed by atoms with E-state index in [0.29, 0.717) is 0 Å². The van der Waals surface area contributed by atoms with E-state index in [1.807, 2.05) is 0 Å². The Labute approximate surface area is 41.7 Å². The molecule has 0 saturated heterocycles. The number of hydrogen-bond acceptors (Lipinski definition) is 2. The summed E-state index contributed by atoms with van der Waals surface area (Å²) >= 11 is -1.44. The van der Waals surface area contributed by atoms with Crippen LogP contribution < -0.4 is 0 Å². The summed E-state index contributed by atoms with van der Waals surface area (Å²) in [6.07, 6.45) is 0. The van der Waals surface area contributed by atoms with Crippen molar-refractivity contribution in [3.63, 3.8) is 0 Å². The minimum absolute atomic E-state index is 0. The van der Waals surface area contributed by atoms with E-state index < -0.39 is 14.8 Å². The van der Waals surface area contributed by atoms with Crippen LogP contribution in [0, 0.1) is 0 Å². The zero-order valence-electron chi connectivity index (χ0n) is 1.19. The zero-order valence-corrected chi connectivity index (χ0v) is 2.37. The summed E-state index contributed by atoms with van der Waals surface area (Å²) in [5.74, 6) is 0. The molecule has 0 saturated carbocycles. The molecule has 0 atom stereocenters. The summed E-state index contributed by atoms with van der Waals surface area (Å²) in [5, 5.41) is 0. The maximum atomic E-state index is 8.41. The van der Waals surface area contributed by atoms with E-state index in [1.54, 1.807) is 0 Å². The van der Waals surface area contributed by atoms with Crippen molar-refractivity contribution < 1.29 is 22.5 Å². The third-order valence-electron chi connectivity index (χ3n) is 0. The Morgan fingerprint density at radius 1 is 1.25 bits per heavy atom. The van der Waals surface area contributed by atoms with Crippen molar-refractivity contribution in [1.29, 1.82) is 0 Å². The molecule has 0 radical (unpaired) electrons. The summed E-state index contributed by atoms with van der Waals surface area (Å²) in [4.78, 5) is 0. The molecule has 4 heteroatoms. The van der Waals surface area contributed by atoms with E-state index in [9.17, 15) is 0 Å². The molecule has 0 aliphatic heterocycles. The Morgan fingerprint density at radius 2 is 1.25 bits per heavy atom. The first-order chi connectivity index (χ1) is 1.41. The van der Waals surface area contributed by atoms with Gasteiger partial charge in [-0.1, -0.05) is 0 Å². The molecule has 0 bridgehead atoms. The van der Waals surface area contributed by atoms with Gasteiger partial charge in [0.05, 0.1) is 0 Å².